The highest BCUT2D eigenvalue weighted by molar-refractivity contribution is 6.13. The molecule has 0 bridgehead atoms. The number of rotatable bonds is 4. The van der Waals surface area contributed by atoms with Crippen LogP contribution in [0.25, 0.3) is 6.08 Å². The molecular formula is C18H14FNO4. The van der Waals surface area contributed by atoms with E-state index in [4.69, 9.17) is 14.2 Å². The number of esters is 1. The van der Waals surface area contributed by atoms with Crippen LogP contribution >= 0.6 is 0 Å². The summed E-state index contributed by atoms with van der Waals surface area (Å²) >= 11 is 0. The maximum absolute atomic E-state index is 13.8. The van der Waals surface area contributed by atoms with Crippen LogP contribution in [0.4, 0.5) is 4.39 Å². The summed E-state index contributed by atoms with van der Waals surface area (Å²) in [6.45, 7) is 0. The summed E-state index contributed by atoms with van der Waals surface area (Å²) in [5.41, 5.74) is 0.830. The van der Waals surface area contributed by atoms with Crippen molar-refractivity contribution in [3.05, 3.63) is 65.1 Å². The largest absolute Gasteiger partial charge is 0.497 e. The van der Waals surface area contributed by atoms with Gasteiger partial charge in [0.15, 0.2) is 5.70 Å². The molecule has 1 aliphatic rings. The van der Waals surface area contributed by atoms with Crippen LogP contribution < -0.4 is 9.47 Å². The lowest BCUT2D eigenvalue weighted by molar-refractivity contribution is -0.129. The third kappa shape index (κ3) is 2.99. The van der Waals surface area contributed by atoms with Gasteiger partial charge in [0.05, 0.1) is 19.8 Å². The number of carbonyl (C=O) groups is 1. The zero-order chi connectivity index (χ0) is 17.1. The van der Waals surface area contributed by atoms with Crippen LogP contribution in [0, 0.1) is 5.82 Å². The Morgan fingerprint density at radius 3 is 2.62 bits per heavy atom. The molecule has 122 valence electrons. The van der Waals surface area contributed by atoms with Crippen LogP contribution in [-0.2, 0) is 9.53 Å². The lowest BCUT2D eigenvalue weighted by Gasteiger charge is -2.07. The molecular weight excluding hydrogens is 313 g/mol. The number of nitrogens with zero attached hydrogens (tertiary/aromatic N) is 1. The molecule has 0 aliphatic carbocycles. The highest BCUT2D eigenvalue weighted by atomic mass is 19.1. The molecule has 0 amide bonds. The molecule has 2 aromatic rings. The molecule has 0 fully saturated rings. The molecule has 0 spiro atoms. The fraction of sp³-hybridized carbons (Fsp3) is 0.111. The van der Waals surface area contributed by atoms with Crippen molar-refractivity contribution in [1.29, 1.82) is 0 Å². The van der Waals surface area contributed by atoms with Gasteiger partial charge >= 0.3 is 5.97 Å². The minimum atomic E-state index is -0.647. The molecule has 1 heterocycles. The number of methoxy groups -OCH3 is 2. The molecule has 0 unspecified atom stereocenters. The summed E-state index contributed by atoms with van der Waals surface area (Å²) in [7, 11) is 3.06. The van der Waals surface area contributed by atoms with E-state index in [-0.39, 0.29) is 17.2 Å². The van der Waals surface area contributed by atoms with Gasteiger partial charge in [-0.2, -0.15) is 0 Å². The number of carbonyl (C=O) groups excluding carboxylic acids is 1. The normalized spacial score (nSPS) is 15.2. The van der Waals surface area contributed by atoms with Gasteiger partial charge in [-0.3, -0.25) is 0 Å². The first kappa shape index (κ1) is 15.7. The van der Waals surface area contributed by atoms with Crippen LogP contribution in [0.15, 0.2) is 53.2 Å². The quantitative estimate of drug-likeness (QED) is 0.639. The van der Waals surface area contributed by atoms with E-state index < -0.39 is 11.8 Å². The van der Waals surface area contributed by atoms with Crippen LogP contribution in [0.2, 0.25) is 0 Å². The second kappa shape index (κ2) is 6.54. The van der Waals surface area contributed by atoms with Crippen LogP contribution in [0.3, 0.4) is 0 Å². The predicted octanol–water partition coefficient (Wildman–Crippen LogP) is 3.19. The van der Waals surface area contributed by atoms with Gasteiger partial charge in [-0.05, 0) is 30.3 Å². The first-order chi connectivity index (χ1) is 11.6. The molecule has 2 aromatic carbocycles. The summed E-state index contributed by atoms with van der Waals surface area (Å²) < 4.78 is 29.3. The van der Waals surface area contributed by atoms with Gasteiger partial charge in [0.1, 0.15) is 17.3 Å². The van der Waals surface area contributed by atoms with Crippen LogP contribution in [-0.4, -0.2) is 26.1 Å². The van der Waals surface area contributed by atoms with Gasteiger partial charge in [0, 0.05) is 11.6 Å². The third-order valence-corrected chi connectivity index (χ3v) is 3.46. The Bertz CT molecular complexity index is 858. The molecule has 24 heavy (non-hydrogen) atoms. The number of cyclic esters (lactones) is 1. The second-order valence-corrected chi connectivity index (χ2v) is 4.92. The fourth-order valence-corrected chi connectivity index (χ4v) is 2.24. The van der Waals surface area contributed by atoms with Crippen molar-refractivity contribution in [3.63, 3.8) is 0 Å². The van der Waals surface area contributed by atoms with Gasteiger partial charge < -0.3 is 14.2 Å². The molecule has 5 nitrogen and oxygen atoms in total. The fourth-order valence-electron chi connectivity index (χ4n) is 2.24. The molecule has 0 aromatic heterocycles. The van der Waals surface area contributed by atoms with Crippen molar-refractivity contribution in [2.24, 2.45) is 4.99 Å². The van der Waals surface area contributed by atoms with Crippen molar-refractivity contribution >= 4 is 17.9 Å². The first-order valence-electron chi connectivity index (χ1n) is 7.12. The molecule has 0 radical (unpaired) electrons. The number of aliphatic imine (C=N–C) groups is 1. The molecule has 3 rings (SSSR count). The Hall–Kier alpha value is -3.15. The van der Waals surface area contributed by atoms with Gasteiger partial charge in [0.2, 0.25) is 5.90 Å². The topological polar surface area (TPSA) is 57.1 Å². The summed E-state index contributed by atoms with van der Waals surface area (Å²) in [6, 6.07) is 11.1. The van der Waals surface area contributed by atoms with E-state index in [1.807, 2.05) is 0 Å². The lowest BCUT2D eigenvalue weighted by Crippen LogP contribution is -2.07. The summed E-state index contributed by atoms with van der Waals surface area (Å²) in [5, 5.41) is 0. The Kier molecular flexibility index (Phi) is 4.29. The summed E-state index contributed by atoms with van der Waals surface area (Å²) in [4.78, 5) is 16.1. The van der Waals surface area contributed by atoms with E-state index in [0.717, 1.165) is 0 Å². The molecule has 1 aliphatic heterocycles. The average Bonchev–Trinajstić information content (AvgIpc) is 2.96. The maximum Gasteiger partial charge on any atom is 0.363 e. The van der Waals surface area contributed by atoms with Crippen molar-refractivity contribution in [3.8, 4) is 11.5 Å². The summed E-state index contributed by atoms with van der Waals surface area (Å²) in [6.07, 6.45) is 1.52. The third-order valence-electron chi connectivity index (χ3n) is 3.46. The average molecular weight is 327 g/mol. The maximum atomic E-state index is 13.8. The smallest absolute Gasteiger partial charge is 0.363 e. The highest BCUT2D eigenvalue weighted by Crippen LogP contribution is 2.28. The van der Waals surface area contributed by atoms with Crippen LogP contribution in [0.5, 0.6) is 11.5 Å². The zero-order valence-electron chi connectivity index (χ0n) is 13.1. The van der Waals surface area contributed by atoms with E-state index in [2.05, 4.69) is 4.99 Å². The Morgan fingerprint density at radius 2 is 1.92 bits per heavy atom. The molecule has 0 saturated heterocycles. The number of hydrogen-bond acceptors (Lipinski definition) is 5. The second-order valence-electron chi connectivity index (χ2n) is 4.92. The van der Waals surface area contributed by atoms with Crippen molar-refractivity contribution in [2.75, 3.05) is 14.2 Å². The minimum absolute atomic E-state index is 0.0585. The zero-order valence-corrected chi connectivity index (χ0v) is 13.1. The Labute approximate surface area is 138 Å². The van der Waals surface area contributed by atoms with E-state index in [1.165, 1.54) is 25.3 Å². The van der Waals surface area contributed by atoms with E-state index >= 15 is 0 Å². The van der Waals surface area contributed by atoms with E-state index in [1.54, 1.807) is 37.4 Å². The monoisotopic (exact) mass is 327 g/mol. The first-order valence-corrected chi connectivity index (χ1v) is 7.12. The predicted molar refractivity (Wildman–Crippen MR) is 86.6 cm³/mol. The lowest BCUT2D eigenvalue weighted by atomic mass is 10.1. The summed E-state index contributed by atoms with van der Waals surface area (Å²) in [5.74, 6) is -0.0713. The Morgan fingerprint density at radius 1 is 1.12 bits per heavy atom. The highest BCUT2D eigenvalue weighted by Gasteiger charge is 2.26. The van der Waals surface area contributed by atoms with Gasteiger partial charge in [0.25, 0.3) is 0 Å². The van der Waals surface area contributed by atoms with E-state index in [0.29, 0.717) is 17.1 Å². The number of halogens is 1. The van der Waals surface area contributed by atoms with Crippen molar-refractivity contribution in [1.82, 2.24) is 0 Å². The van der Waals surface area contributed by atoms with Gasteiger partial charge in [-0.15, -0.1) is 0 Å². The Balaban J connectivity index is 1.99. The van der Waals surface area contributed by atoms with Crippen molar-refractivity contribution in [2.45, 2.75) is 0 Å². The van der Waals surface area contributed by atoms with Gasteiger partial charge in [-0.25, -0.2) is 14.2 Å². The standard InChI is InChI=1S/C18H14FNO4/c1-22-12-8-7-11(16(10-12)23-2)9-15-18(21)24-17(20-15)13-5-3-4-6-14(13)19/h3-10H,1-2H3. The number of hydrogen-bond donors (Lipinski definition) is 0. The molecule has 0 N–H and O–H groups in total. The van der Waals surface area contributed by atoms with Gasteiger partial charge in [-0.1, -0.05) is 12.1 Å². The number of ether oxygens (including phenoxy) is 3. The van der Waals surface area contributed by atoms with Crippen molar-refractivity contribution < 1.29 is 23.4 Å². The molecule has 6 heteroatoms. The van der Waals surface area contributed by atoms with E-state index in [9.17, 15) is 9.18 Å². The van der Waals surface area contributed by atoms with Crippen LogP contribution in [0.1, 0.15) is 11.1 Å². The molecule has 0 atom stereocenters. The molecule has 0 saturated carbocycles. The minimum Gasteiger partial charge on any atom is -0.497 e. The number of benzene rings is 2. The SMILES string of the molecule is COc1ccc(C=C2N=C(c3ccccc3F)OC2=O)c(OC)c1.